The van der Waals surface area contributed by atoms with Crippen LogP contribution in [-0.4, -0.2) is 42.3 Å². The Kier molecular flexibility index (Phi) is 3.00. The van der Waals surface area contributed by atoms with E-state index in [2.05, 4.69) is 52.3 Å². The number of aliphatic hydroxyl groups is 1. The van der Waals surface area contributed by atoms with E-state index in [4.69, 9.17) is 0 Å². The first kappa shape index (κ1) is 13.6. The molecule has 0 radical (unpaired) electrons. The fraction of sp³-hybridized carbons (Fsp3) is 0.400. The number of piperazine rings is 1. The van der Waals surface area contributed by atoms with Crippen LogP contribution in [0.1, 0.15) is 28.3 Å². The second-order valence-corrected chi connectivity index (χ2v) is 6.96. The zero-order valence-corrected chi connectivity index (χ0v) is 13.3. The summed E-state index contributed by atoms with van der Waals surface area (Å²) in [6, 6.07) is 16.7. The van der Waals surface area contributed by atoms with Gasteiger partial charge in [-0.1, -0.05) is 36.4 Å². The van der Waals surface area contributed by atoms with Crippen LogP contribution in [0, 0.1) is 0 Å². The molecule has 0 aromatic heterocycles. The molecule has 1 N–H and O–H groups in total. The average molecular weight is 306 g/mol. The zero-order chi connectivity index (χ0) is 15.4. The number of rotatable bonds is 2. The maximum atomic E-state index is 9.45. The summed E-state index contributed by atoms with van der Waals surface area (Å²) in [6.07, 6.45) is 2.16. The Morgan fingerprint density at radius 3 is 2.70 bits per heavy atom. The minimum absolute atomic E-state index is 0.253. The number of nitrogens with zero attached hydrogens (tertiary/aromatic N) is 2. The molecule has 3 nitrogen and oxygen atoms in total. The van der Waals surface area contributed by atoms with Gasteiger partial charge in [-0.15, -0.1) is 0 Å². The Morgan fingerprint density at radius 1 is 0.957 bits per heavy atom. The smallest absolute Gasteiger partial charge is 0.0707 e. The molecule has 0 saturated carbocycles. The fourth-order valence-electron chi connectivity index (χ4n) is 4.96. The first-order chi connectivity index (χ1) is 11.4. The summed E-state index contributed by atoms with van der Waals surface area (Å²) in [5.74, 6) is 0. The predicted molar refractivity (Wildman–Crippen MR) is 91.9 cm³/mol. The lowest BCUT2D eigenvalue weighted by Crippen LogP contribution is -2.54. The highest BCUT2D eigenvalue weighted by atomic mass is 16.3. The topological polar surface area (TPSA) is 26.7 Å². The lowest BCUT2D eigenvalue weighted by Gasteiger charge is -2.46. The van der Waals surface area contributed by atoms with Gasteiger partial charge in [0, 0.05) is 31.4 Å². The van der Waals surface area contributed by atoms with Crippen molar-refractivity contribution in [3.63, 3.8) is 0 Å². The monoisotopic (exact) mass is 306 g/mol. The molecule has 2 aliphatic heterocycles. The van der Waals surface area contributed by atoms with E-state index < -0.39 is 0 Å². The highest BCUT2D eigenvalue weighted by Gasteiger charge is 2.45. The number of aliphatic hydroxyl groups excluding tert-OH is 1. The average Bonchev–Trinajstić information content (AvgIpc) is 2.90. The van der Waals surface area contributed by atoms with Gasteiger partial charge in [-0.25, -0.2) is 0 Å². The quantitative estimate of drug-likeness (QED) is 0.923. The molecule has 2 heterocycles. The van der Waals surface area contributed by atoms with E-state index in [0.29, 0.717) is 12.1 Å². The predicted octanol–water partition coefficient (Wildman–Crippen LogP) is 2.37. The maximum Gasteiger partial charge on any atom is 0.0707 e. The van der Waals surface area contributed by atoms with Gasteiger partial charge < -0.3 is 10.0 Å². The third kappa shape index (κ3) is 1.90. The fourth-order valence-corrected chi connectivity index (χ4v) is 4.96. The second kappa shape index (κ2) is 5.08. The summed E-state index contributed by atoms with van der Waals surface area (Å²) in [7, 11) is 0. The van der Waals surface area contributed by atoms with Crippen molar-refractivity contribution < 1.29 is 5.11 Å². The highest BCUT2D eigenvalue weighted by Crippen LogP contribution is 2.47. The van der Waals surface area contributed by atoms with Crippen molar-refractivity contribution in [2.24, 2.45) is 0 Å². The molecular formula is C20H22N2O. The van der Waals surface area contributed by atoms with Crippen molar-refractivity contribution in [2.45, 2.75) is 24.9 Å². The van der Waals surface area contributed by atoms with Crippen LogP contribution in [0.2, 0.25) is 0 Å². The molecule has 5 rings (SSSR count). The van der Waals surface area contributed by atoms with E-state index in [1.165, 1.54) is 22.4 Å². The van der Waals surface area contributed by atoms with Crippen LogP contribution in [0.3, 0.4) is 0 Å². The van der Waals surface area contributed by atoms with Crippen LogP contribution >= 0.6 is 0 Å². The number of hydrogen-bond donors (Lipinski definition) is 1. The summed E-state index contributed by atoms with van der Waals surface area (Å²) in [5, 5.41) is 9.45. The Labute approximate surface area is 137 Å². The molecule has 118 valence electrons. The summed E-state index contributed by atoms with van der Waals surface area (Å²) in [4.78, 5) is 5.13. The highest BCUT2D eigenvalue weighted by molar-refractivity contribution is 5.63. The Balaban J connectivity index is 1.70. The Hall–Kier alpha value is -1.84. The Morgan fingerprint density at radius 2 is 1.78 bits per heavy atom. The molecule has 2 aromatic rings. The van der Waals surface area contributed by atoms with Crippen LogP contribution in [-0.2, 0) is 12.8 Å². The molecule has 0 bridgehead atoms. The van der Waals surface area contributed by atoms with E-state index in [1.54, 1.807) is 5.56 Å². The number of β-amino-alcohol motifs (C(OH)–C–C–N with tert-alkyl or cyclic N) is 1. The number of hydrogen-bond acceptors (Lipinski definition) is 3. The van der Waals surface area contributed by atoms with Crippen LogP contribution in [0.4, 0.5) is 5.69 Å². The lowest BCUT2D eigenvalue weighted by atomic mass is 9.96. The number of para-hydroxylation sites is 1. The van der Waals surface area contributed by atoms with Gasteiger partial charge in [0.1, 0.15) is 0 Å². The van der Waals surface area contributed by atoms with Crippen LogP contribution in [0.5, 0.6) is 0 Å². The van der Waals surface area contributed by atoms with Crippen molar-refractivity contribution >= 4 is 5.69 Å². The van der Waals surface area contributed by atoms with E-state index >= 15 is 0 Å². The van der Waals surface area contributed by atoms with Crippen LogP contribution in [0.25, 0.3) is 0 Å². The van der Waals surface area contributed by atoms with Crippen molar-refractivity contribution in [1.82, 2.24) is 4.90 Å². The van der Waals surface area contributed by atoms with Crippen molar-refractivity contribution in [2.75, 3.05) is 31.1 Å². The third-order valence-corrected chi connectivity index (χ3v) is 5.88. The molecule has 0 unspecified atom stereocenters. The van der Waals surface area contributed by atoms with Gasteiger partial charge >= 0.3 is 0 Å². The third-order valence-electron chi connectivity index (χ3n) is 5.88. The minimum Gasteiger partial charge on any atom is -0.395 e. The number of anilines is 1. The summed E-state index contributed by atoms with van der Waals surface area (Å²) >= 11 is 0. The first-order valence-electron chi connectivity index (χ1n) is 8.67. The normalized spacial score (nSPS) is 25.0. The second-order valence-electron chi connectivity index (χ2n) is 6.96. The summed E-state index contributed by atoms with van der Waals surface area (Å²) in [6.45, 7) is 3.13. The molecular weight excluding hydrogens is 284 g/mol. The summed E-state index contributed by atoms with van der Waals surface area (Å²) in [5.41, 5.74) is 7.44. The van der Waals surface area contributed by atoms with Crippen molar-refractivity contribution in [3.8, 4) is 0 Å². The van der Waals surface area contributed by atoms with Gasteiger partial charge in [-0.3, -0.25) is 4.90 Å². The number of fused-ring (bicyclic) bond motifs is 2. The molecule has 1 fully saturated rings. The van der Waals surface area contributed by atoms with Crippen LogP contribution in [0.15, 0.2) is 42.5 Å². The molecule has 0 spiro atoms. The Bertz CT molecular complexity index is 757. The van der Waals surface area contributed by atoms with Gasteiger partial charge in [-0.2, -0.15) is 0 Å². The summed E-state index contributed by atoms with van der Waals surface area (Å²) < 4.78 is 0. The molecule has 23 heavy (non-hydrogen) atoms. The number of benzene rings is 2. The van der Waals surface area contributed by atoms with Gasteiger partial charge in [0.2, 0.25) is 0 Å². The molecule has 1 saturated heterocycles. The van der Waals surface area contributed by atoms with Crippen molar-refractivity contribution in [3.05, 3.63) is 64.7 Å². The molecule has 2 aromatic carbocycles. The largest absolute Gasteiger partial charge is 0.395 e. The standard InChI is InChI=1S/C20H22N2O/c23-11-10-21-8-9-22-17-7-2-1-4-14(17)12-15-5-3-6-16-13-18(21)20(22)19(15)16/h1-7,18,20,23H,8-13H2/t18-,20+/m0/s1. The molecule has 3 heteroatoms. The van der Waals surface area contributed by atoms with Gasteiger partial charge in [0.25, 0.3) is 0 Å². The molecule has 1 aliphatic carbocycles. The van der Waals surface area contributed by atoms with E-state index in [0.717, 1.165) is 32.5 Å². The van der Waals surface area contributed by atoms with E-state index in [1.807, 2.05) is 0 Å². The lowest BCUT2D eigenvalue weighted by molar-refractivity contribution is 0.118. The van der Waals surface area contributed by atoms with Gasteiger partial charge in [-0.05, 0) is 41.2 Å². The van der Waals surface area contributed by atoms with Crippen LogP contribution < -0.4 is 4.90 Å². The molecule has 0 amide bonds. The maximum absolute atomic E-state index is 9.45. The van der Waals surface area contributed by atoms with Gasteiger partial charge in [0.15, 0.2) is 0 Å². The van der Waals surface area contributed by atoms with Gasteiger partial charge in [0.05, 0.1) is 12.6 Å². The SMILES string of the molecule is OCCN1CCN2c3ccccc3Cc3cccc4c3[C@H]2[C@@H]1C4. The molecule has 2 atom stereocenters. The van der Waals surface area contributed by atoms with E-state index in [-0.39, 0.29) is 6.61 Å². The first-order valence-corrected chi connectivity index (χ1v) is 8.67. The van der Waals surface area contributed by atoms with Crippen molar-refractivity contribution in [1.29, 1.82) is 0 Å². The van der Waals surface area contributed by atoms with E-state index in [9.17, 15) is 5.11 Å². The minimum atomic E-state index is 0.253. The zero-order valence-electron chi connectivity index (χ0n) is 13.3. The molecule has 3 aliphatic rings.